The second-order valence-electron chi connectivity index (χ2n) is 4.77. The first-order valence-electron chi connectivity index (χ1n) is 6.53. The van der Waals surface area contributed by atoms with Crippen molar-refractivity contribution >= 4 is 49.0 Å². The molecular weight excluding hydrogens is 418 g/mol. The summed E-state index contributed by atoms with van der Waals surface area (Å²) in [4.78, 5) is 12.7. The number of nitrogens with one attached hydrogen (secondary N) is 1. The summed E-state index contributed by atoms with van der Waals surface area (Å²) in [6, 6.07) is 9.43. The lowest BCUT2D eigenvalue weighted by Gasteiger charge is -1.99. The van der Waals surface area contributed by atoms with Crippen LogP contribution >= 0.6 is 27.3 Å². The van der Waals surface area contributed by atoms with Gasteiger partial charge in [0.05, 0.1) is 13.6 Å². The van der Waals surface area contributed by atoms with Gasteiger partial charge in [-0.1, -0.05) is 5.10 Å². The van der Waals surface area contributed by atoms with Crippen LogP contribution in [0.4, 0.5) is 6.01 Å². The number of anilines is 1. The summed E-state index contributed by atoms with van der Waals surface area (Å²) in [7, 11) is -3.27. The van der Waals surface area contributed by atoms with Gasteiger partial charge in [0.15, 0.2) is 9.84 Å². The van der Waals surface area contributed by atoms with Gasteiger partial charge in [-0.05, 0) is 52.3 Å². The van der Waals surface area contributed by atoms with Crippen molar-refractivity contribution in [3.8, 4) is 11.5 Å². The van der Waals surface area contributed by atoms with Crippen molar-refractivity contribution < 1.29 is 17.6 Å². The number of hydrogen-bond donors (Lipinski definition) is 1. The van der Waals surface area contributed by atoms with Crippen molar-refractivity contribution in [1.29, 1.82) is 0 Å². The standard InChI is InChI=1S/C14H10BrN3O4S2/c1-24(20,21)9-4-2-8(3-5-9)13-17-18-14(22-13)16-12(19)10-6-7-11(15)23-10/h2-7H,1H3,(H,16,18,19). The van der Waals surface area contributed by atoms with Gasteiger partial charge in [0.2, 0.25) is 5.89 Å². The molecule has 1 N–H and O–H groups in total. The van der Waals surface area contributed by atoms with E-state index in [-0.39, 0.29) is 22.7 Å². The molecule has 0 fully saturated rings. The molecule has 0 aliphatic heterocycles. The minimum absolute atomic E-state index is 0.0355. The van der Waals surface area contributed by atoms with Gasteiger partial charge in [0, 0.05) is 11.8 Å². The Hall–Kier alpha value is -2.04. The van der Waals surface area contributed by atoms with Crippen molar-refractivity contribution in [2.75, 3.05) is 11.6 Å². The number of carbonyl (C=O) groups is 1. The summed E-state index contributed by atoms with van der Waals surface area (Å²) in [6.07, 6.45) is 1.13. The van der Waals surface area contributed by atoms with Gasteiger partial charge in [-0.15, -0.1) is 16.4 Å². The Morgan fingerprint density at radius 3 is 2.46 bits per heavy atom. The van der Waals surface area contributed by atoms with Crippen molar-refractivity contribution in [1.82, 2.24) is 10.2 Å². The summed E-state index contributed by atoms with van der Waals surface area (Å²) in [6.45, 7) is 0. The largest absolute Gasteiger partial charge is 0.403 e. The zero-order valence-corrected chi connectivity index (χ0v) is 15.4. The van der Waals surface area contributed by atoms with Crippen molar-refractivity contribution in [3.63, 3.8) is 0 Å². The molecule has 1 amide bonds. The van der Waals surface area contributed by atoms with E-state index in [0.717, 1.165) is 10.0 Å². The number of amides is 1. The molecular formula is C14H10BrN3O4S2. The van der Waals surface area contributed by atoms with Gasteiger partial charge < -0.3 is 4.42 Å². The zero-order chi connectivity index (χ0) is 17.3. The van der Waals surface area contributed by atoms with Gasteiger partial charge in [0.25, 0.3) is 5.91 Å². The van der Waals surface area contributed by atoms with Crippen LogP contribution in [0.5, 0.6) is 0 Å². The predicted octanol–water partition coefficient (Wildman–Crippen LogP) is 3.22. The number of carbonyl (C=O) groups excluding carboxylic acids is 1. The van der Waals surface area contributed by atoms with Crippen molar-refractivity contribution in [2.45, 2.75) is 4.90 Å². The normalized spacial score (nSPS) is 11.4. The Labute approximate surface area is 149 Å². The van der Waals surface area contributed by atoms with Crippen molar-refractivity contribution in [3.05, 3.63) is 45.1 Å². The van der Waals surface area contributed by atoms with Gasteiger partial charge in [-0.2, -0.15) is 0 Å². The molecule has 2 aromatic heterocycles. The summed E-state index contributed by atoms with van der Waals surface area (Å²) in [5, 5.41) is 10.1. The fraction of sp³-hybridized carbons (Fsp3) is 0.0714. The smallest absolute Gasteiger partial charge is 0.322 e. The number of halogens is 1. The summed E-state index contributed by atoms with van der Waals surface area (Å²) in [5.74, 6) is -0.175. The van der Waals surface area contributed by atoms with E-state index >= 15 is 0 Å². The lowest BCUT2D eigenvalue weighted by Crippen LogP contribution is -2.10. The maximum Gasteiger partial charge on any atom is 0.322 e. The van der Waals surface area contributed by atoms with Crippen LogP contribution in [0.1, 0.15) is 9.67 Å². The van der Waals surface area contributed by atoms with Crippen LogP contribution in [0.2, 0.25) is 0 Å². The molecule has 0 atom stereocenters. The van der Waals surface area contributed by atoms with E-state index in [1.807, 2.05) is 0 Å². The van der Waals surface area contributed by atoms with Gasteiger partial charge in [-0.3, -0.25) is 10.1 Å². The molecule has 0 unspecified atom stereocenters. The van der Waals surface area contributed by atoms with Gasteiger partial charge in [-0.25, -0.2) is 8.42 Å². The van der Waals surface area contributed by atoms with Crippen LogP contribution in [-0.4, -0.2) is 30.8 Å². The third kappa shape index (κ3) is 3.71. The lowest BCUT2D eigenvalue weighted by molar-refractivity contribution is 0.102. The Morgan fingerprint density at radius 2 is 1.88 bits per heavy atom. The van der Waals surface area contributed by atoms with Crippen LogP contribution < -0.4 is 5.32 Å². The summed E-state index contributed by atoms with van der Waals surface area (Å²) >= 11 is 4.56. The lowest BCUT2D eigenvalue weighted by atomic mass is 10.2. The Morgan fingerprint density at radius 1 is 1.17 bits per heavy atom. The first-order chi connectivity index (χ1) is 11.3. The minimum atomic E-state index is -3.27. The molecule has 0 bridgehead atoms. The van der Waals surface area contributed by atoms with Crippen LogP contribution in [-0.2, 0) is 9.84 Å². The number of aromatic nitrogens is 2. The van der Waals surface area contributed by atoms with E-state index < -0.39 is 9.84 Å². The van der Waals surface area contributed by atoms with Crippen molar-refractivity contribution in [2.24, 2.45) is 0 Å². The molecule has 124 valence electrons. The second-order valence-corrected chi connectivity index (χ2v) is 9.25. The molecule has 1 aromatic carbocycles. The second kappa shape index (κ2) is 6.46. The SMILES string of the molecule is CS(=O)(=O)c1ccc(-c2nnc(NC(=O)c3ccc(Br)s3)o2)cc1. The Kier molecular flexibility index (Phi) is 4.52. The maximum atomic E-state index is 12.0. The molecule has 7 nitrogen and oxygen atoms in total. The highest BCUT2D eigenvalue weighted by Crippen LogP contribution is 2.24. The highest BCUT2D eigenvalue weighted by Gasteiger charge is 2.15. The highest BCUT2D eigenvalue weighted by atomic mass is 79.9. The number of hydrogen-bond acceptors (Lipinski definition) is 7. The topological polar surface area (TPSA) is 102 Å². The molecule has 10 heteroatoms. The van der Waals surface area contributed by atoms with E-state index in [1.54, 1.807) is 24.3 Å². The fourth-order valence-corrected chi connectivity index (χ4v) is 3.74. The van der Waals surface area contributed by atoms with E-state index in [2.05, 4.69) is 31.4 Å². The highest BCUT2D eigenvalue weighted by molar-refractivity contribution is 9.11. The fourth-order valence-electron chi connectivity index (χ4n) is 1.83. The van der Waals surface area contributed by atoms with Crippen LogP contribution in [0.3, 0.4) is 0 Å². The first-order valence-corrected chi connectivity index (χ1v) is 10.0. The Bertz CT molecular complexity index is 993. The quantitative estimate of drug-likeness (QED) is 0.685. The first kappa shape index (κ1) is 16.8. The third-order valence-electron chi connectivity index (χ3n) is 2.97. The van der Waals surface area contributed by atoms with Crippen LogP contribution in [0.25, 0.3) is 11.5 Å². The molecule has 0 saturated carbocycles. The van der Waals surface area contributed by atoms with Gasteiger partial charge >= 0.3 is 6.01 Å². The molecule has 0 radical (unpaired) electrons. The number of nitrogens with zero attached hydrogens (tertiary/aromatic N) is 2. The molecule has 3 rings (SSSR count). The molecule has 2 heterocycles. The van der Waals surface area contributed by atoms with Gasteiger partial charge in [0.1, 0.15) is 0 Å². The zero-order valence-electron chi connectivity index (χ0n) is 12.2. The van der Waals surface area contributed by atoms with E-state index in [9.17, 15) is 13.2 Å². The third-order valence-corrected chi connectivity index (χ3v) is 5.72. The van der Waals surface area contributed by atoms with E-state index in [1.165, 1.54) is 23.5 Å². The monoisotopic (exact) mass is 427 g/mol. The summed E-state index contributed by atoms with van der Waals surface area (Å²) < 4.78 is 29.1. The molecule has 0 spiro atoms. The maximum absolute atomic E-state index is 12.0. The molecule has 0 saturated heterocycles. The summed E-state index contributed by atoms with van der Waals surface area (Å²) in [5.41, 5.74) is 0.550. The molecule has 3 aromatic rings. The average molecular weight is 428 g/mol. The number of sulfone groups is 1. The predicted molar refractivity (Wildman–Crippen MR) is 92.8 cm³/mol. The Balaban J connectivity index is 1.77. The molecule has 0 aliphatic carbocycles. The minimum Gasteiger partial charge on any atom is -0.403 e. The van der Waals surface area contributed by atoms with E-state index in [4.69, 9.17) is 4.42 Å². The average Bonchev–Trinajstić information content (AvgIpc) is 3.16. The number of rotatable bonds is 4. The molecule has 24 heavy (non-hydrogen) atoms. The van der Waals surface area contributed by atoms with Crippen LogP contribution in [0.15, 0.2) is 49.5 Å². The molecule has 0 aliphatic rings. The number of thiophene rings is 1. The van der Waals surface area contributed by atoms with E-state index in [0.29, 0.717) is 10.4 Å². The van der Waals surface area contributed by atoms with Crippen LogP contribution in [0, 0.1) is 0 Å². The number of benzene rings is 1.